The van der Waals surface area contributed by atoms with Crippen molar-refractivity contribution in [1.82, 2.24) is 5.06 Å². The van der Waals surface area contributed by atoms with Crippen molar-refractivity contribution in [3.8, 4) is 0 Å². The second-order valence-electron chi connectivity index (χ2n) is 5.01. The van der Waals surface area contributed by atoms with Crippen LogP contribution in [-0.2, 0) is 4.84 Å². The van der Waals surface area contributed by atoms with E-state index in [2.05, 4.69) is 0 Å². The molecule has 1 aliphatic heterocycles. The molecular formula is C15H2F4I3NO4. The summed E-state index contributed by atoms with van der Waals surface area (Å²) in [6, 6.07) is 3.28. The summed E-state index contributed by atoms with van der Waals surface area (Å²) in [6.45, 7) is 0. The maximum absolute atomic E-state index is 13.9. The van der Waals surface area contributed by atoms with E-state index in [0.29, 0.717) is 10.7 Å². The molecule has 0 bridgehead atoms. The van der Waals surface area contributed by atoms with Gasteiger partial charge in [0.15, 0.2) is 23.3 Å². The summed E-state index contributed by atoms with van der Waals surface area (Å²) < 4.78 is 56.0. The van der Waals surface area contributed by atoms with Crippen molar-refractivity contribution in [3.05, 3.63) is 62.8 Å². The maximum atomic E-state index is 13.9. The van der Waals surface area contributed by atoms with Gasteiger partial charge in [-0.15, -0.1) is 0 Å². The normalized spacial score (nSPS) is 13.2. The van der Waals surface area contributed by atoms with E-state index in [1.54, 1.807) is 12.1 Å². The molecule has 0 unspecified atom stereocenters. The van der Waals surface area contributed by atoms with Gasteiger partial charge in [0.1, 0.15) is 0 Å². The smallest absolute Gasteiger partial charge is 0.324 e. The topological polar surface area (TPSA) is 63.7 Å². The van der Waals surface area contributed by atoms with Gasteiger partial charge in [-0.1, -0.05) is 5.06 Å². The quantitative estimate of drug-likeness (QED) is 0.152. The van der Waals surface area contributed by atoms with Crippen molar-refractivity contribution < 1.29 is 36.8 Å². The molecule has 0 fully saturated rings. The molecule has 0 spiro atoms. The Hall–Kier alpha value is -1.04. The van der Waals surface area contributed by atoms with Gasteiger partial charge in [-0.3, -0.25) is 9.59 Å². The Balaban J connectivity index is 2.04. The Morgan fingerprint density at radius 3 is 1.74 bits per heavy atom. The van der Waals surface area contributed by atoms with Crippen molar-refractivity contribution in [2.24, 2.45) is 0 Å². The third kappa shape index (κ3) is 3.22. The summed E-state index contributed by atoms with van der Waals surface area (Å²) in [4.78, 5) is 41.5. The molecule has 0 aliphatic carbocycles. The molecule has 5 nitrogen and oxygen atoms in total. The number of imide groups is 1. The molecule has 0 radical (unpaired) electrons. The van der Waals surface area contributed by atoms with Gasteiger partial charge in [0.2, 0.25) is 0 Å². The molecule has 27 heavy (non-hydrogen) atoms. The number of rotatable bonds is 2. The second-order valence-corrected chi connectivity index (χ2v) is 8.41. The van der Waals surface area contributed by atoms with E-state index in [1.807, 2.05) is 67.8 Å². The van der Waals surface area contributed by atoms with Crippen LogP contribution in [0.5, 0.6) is 0 Å². The van der Waals surface area contributed by atoms with Gasteiger partial charge in [-0.25, -0.2) is 22.4 Å². The molecule has 0 saturated heterocycles. The molecule has 2 aromatic carbocycles. The van der Waals surface area contributed by atoms with E-state index in [1.165, 1.54) is 0 Å². The molecule has 12 heteroatoms. The van der Waals surface area contributed by atoms with Gasteiger partial charge in [0.05, 0.1) is 16.7 Å². The third-order valence-electron chi connectivity index (χ3n) is 3.49. The van der Waals surface area contributed by atoms with E-state index in [-0.39, 0.29) is 10.6 Å². The average molecular weight is 717 g/mol. The maximum Gasteiger partial charge on any atom is 0.366 e. The van der Waals surface area contributed by atoms with Gasteiger partial charge in [-0.05, 0) is 79.9 Å². The molecule has 0 N–H and O–H groups in total. The molecule has 1 aliphatic rings. The highest BCUT2D eigenvalue weighted by Crippen LogP contribution is 2.32. The van der Waals surface area contributed by atoms with E-state index >= 15 is 0 Å². The van der Waals surface area contributed by atoms with E-state index in [4.69, 9.17) is 4.84 Å². The van der Waals surface area contributed by atoms with Crippen molar-refractivity contribution >= 4 is 85.6 Å². The van der Waals surface area contributed by atoms with Crippen LogP contribution in [-0.4, -0.2) is 22.8 Å². The lowest BCUT2D eigenvalue weighted by Gasteiger charge is -2.14. The van der Waals surface area contributed by atoms with Crippen molar-refractivity contribution in [3.63, 3.8) is 0 Å². The first-order valence-corrected chi connectivity index (χ1v) is 9.92. The Morgan fingerprint density at radius 2 is 1.26 bits per heavy atom. The fourth-order valence-corrected chi connectivity index (χ4v) is 4.58. The third-order valence-corrected chi connectivity index (χ3v) is 7.44. The monoisotopic (exact) mass is 717 g/mol. The molecule has 140 valence electrons. The van der Waals surface area contributed by atoms with Crippen molar-refractivity contribution in [2.45, 2.75) is 0 Å². The number of halogens is 7. The highest BCUT2D eigenvalue weighted by atomic mass is 127. The van der Waals surface area contributed by atoms with Gasteiger partial charge >= 0.3 is 5.97 Å². The minimum atomic E-state index is -2.25. The van der Waals surface area contributed by atoms with Gasteiger partial charge in [0, 0.05) is 10.7 Å². The van der Waals surface area contributed by atoms with Crippen LogP contribution in [0.4, 0.5) is 17.6 Å². The lowest BCUT2D eigenvalue weighted by molar-refractivity contribution is -0.0588. The first kappa shape index (κ1) is 20.7. The largest absolute Gasteiger partial charge is 0.366 e. The summed E-state index contributed by atoms with van der Waals surface area (Å²) in [5, 5.41) is -0.218. The minimum absolute atomic E-state index is 0.0120. The van der Waals surface area contributed by atoms with Crippen LogP contribution in [0.3, 0.4) is 0 Å². The Bertz CT molecular complexity index is 1010. The lowest BCUT2D eigenvalue weighted by atomic mass is 10.1. The van der Waals surface area contributed by atoms with Gasteiger partial charge in [0.25, 0.3) is 11.8 Å². The van der Waals surface area contributed by atoms with Crippen LogP contribution < -0.4 is 0 Å². The van der Waals surface area contributed by atoms with E-state index in [9.17, 15) is 31.9 Å². The van der Waals surface area contributed by atoms with Gasteiger partial charge < -0.3 is 4.84 Å². The lowest BCUT2D eigenvalue weighted by Crippen LogP contribution is -2.33. The summed E-state index contributed by atoms with van der Waals surface area (Å²) in [6.07, 6.45) is 0. The molecule has 0 saturated carbocycles. The van der Waals surface area contributed by atoms with Crippen molar-refractivity contribution in [2.75, 3.05) is 0 Å². The predicted molar refractivity (Wildman–Crippen MR) is 107 cm³/mol. The number of benzene rings is 2. The number of hydrogen-bond acceptors (Lipinski definition) is 4. The van der Waals surface area contributed by atoms with E-state index in [0.717, 1.165) is 0 Å². The Labute approximate surface area is 188 Å². The van der Waals surface area contributed by atoms with Crippen LogP contribution in [0.15, 0.2) is 12.1 Å². The number of hydroxylamine groups is 2. The number of hydrogen-bond donors (Lipinski definition) is 0. The first-order chi connectivity index (χ1) is 12.6. The van der Waals surface area contributed by atoms with Gasteiger partial charge in [-0.2, -0.15) is 0 Å². The van der Waals surface area contributed by atoms with Crippen LogP contribution in [0, 0.1) is 34.0 Å². The summed E-state index contributed by atoms with van der Waals surface area (Å²) in [7, 11) is 0. The number of carbonyl (C=O) groups is 3. The SMILES string of the molecule is O=C(ON1C(=O)c2c(F)c(F)c(F)c(F)c2C1=O)c1c(I)ccc(I)c1I. The van der Waals surface area contributed by atoms with Crippen LogP contribution in [0.2, 0.25) is 0 Å². The molecular weight excluding hydrogens is 715 g/mol. The average Bonchev–Trinajstić information content (AvgIpc) is 2.86. The molecule has 1 heterocycles. The van der Waals surface area contributed by atoms with Crippen molar-refractivity contribution in [1.29, 1.82) is 0 Å². The molecule has 0 aromatic heterocycles. The summed E-state index contributed by atoms with van der Waals surface area (Å²) in [5.74, 6) is -13.0. The zero-order valence-corrected chi connectivity index (χ0v) is 18.9. The fraction of sp³-hybridized carbons (Fsp3) is 0. The molecule has 2 aromatic rings. The van der Waals surface area contributed by atoms with Crippen LogP contribution in [0.1, 0.15) is 31.1 Å². The Morgan fingerprint density at radius 1 is 0.815 bits per heavy atom. The van der Waals surface area contributed by atoms with E-state index < -0.39 is 52.2 Å². The molecule has 0 atom stereocenters. The number of amides is 2. The minimum Gasteiger partial charge on any atom is -0.324 e. The second kappa shape index (κ2) is 7.41. The fourth-order valence-electron chi connectivity index (χ4n) is 2.25. The van der Waals surface area contributed by atoms with Crippen LogP contribution in [0.25, 0.3) is 0 Å². The first-order valence-electron chi connectivity index (χ1n) is 6.68. The van der Waals surface area contributed by atoms with Crippen LogP contribution >= 0.6 is 67.8 Å². The highest BCUT2D eigenvalue weighted by molar-refractivity contribution is 14.1. The molecule has 2 amide bonds. The number of nitrogens with zero attached hydrogens (tertiary/aromatic N) is 1. The standard InChI is InChI=1S/C15H2F4I3NO4/c16-8-6-7(9(17)11(19)10(8)18)14(25)23(13(6)24)27-15(26)5-3(20)1-2-4(21)12(5)22/h1-2H. The molecule has 3 rings (SSSR count). The Kier molecular flexibility index (Phi) is 5.68. The summed E-state index contributed by atoms with van der Waals surface area (Å²) in [5.41, 5.74) is -2.66. The summed E-state index contributed by atoms with van der Waals surface area (Å²) >= 11 is 5.60. The predicted octanol–water partition coefficient (Wildman–Crippen LogP) is 4.42. The zero-order valence-electron chi connectivity index (χ0n) is 12.4. The number of carbonyl (C=O) groups excluding carboxylic acids is 3. The highest BCUT2D eigenvalue weighted by Gasteiger charge is 2.46. The number of fused-ring (bicyclic) bond motifs is 1. The zero-order chi connectivity index (χ0) is 20.2.